The Labute approximate surface area is 108 Å². The molecule has 1 atom stereocenters. The highest BCUT2D eigenvalue weighted by atomic mass is 19.4. The van der Waals surface area contributed by atoms with Gasteiger partial charge in [0.15, 0.2) is 0 Å². The molecule has 0 saturated heterocycles. The molecule has 1 unspecified atom stereocenters. The number of halogens is 3. The lowest BCUT2D eigenvalue weighted by molar-refractivity contribution is -0.137. The fourth-order valence-corrected chi connectivity index (χ4v) is 1.74. The molecule has 6 heteroatoms. The van der Waals surface area contributed by atoms with Gasteiger partial charge in [0.05, 0.1) is 11.6 Å². The number of alkyl halides is 3. The third kappa shape index (κ3) is 3.57. The highest BCUT2D eigenvalue weighted by Gasteiger charge is 2.30. The first kappa shape index (κ1) is 13.6. The van der Waals surface area contributed by atoms with Crippen LogP contribution in [0.5, 0.6) is 0 Å². The van der Waals surface area contributed by atoms with Crippen molar-refractivity contribution in [2.24, 2.45) is 0 Å². The van der Waals surface area contributed by atoms with E-state index in [9.17, 15) is 13.2 Å². The minimum absolute atomic E-state index is 0.0513. The molecule has 3 nitrogen and oxygen atoms in total. The predicted octanol–water partition coefficient (Wildman–Crippen LogP) is 3.28. The van der Waals surface area contributed by atoms with Crippen molar-refractivity contribution in [3.8, 4) is 0 Å². The summed E-state index contributed by atoms with van der Waals surface area (Å²) >= 11 is 0. The van der Waals surface area contributed by atoms with E-state index >= 15 is 0 Å². The normalized spacial score (nSPS) is 13.5. The van der Waals surface area contributed by atoms with Crippen LogP contribution in [0.3, 0.4) is 0 Å². The summed E-state index contributed by atoms with van der Waals surface area (Å²) in [5.41, 5.74) is -0.0364. The molecule has 0 aliphatic carbocycles. The maximum absolute atomic E-state index is 12.6. The number of hydrogen-bond donors (Lipinski definition) is 2. The van der Waals surface area contributed by atoms with Crippen LogP contribution in [0.1, 0.15) is 29.9 Å². The third-order valence-corrected chi connectivity index (χ3v) is 2.80. The summed E-state index contributed by atoms with van der Waals surface area (Å²) in [6.07, 6.45) is -0.960. The van der Waals surface area contributed by atoms with Crippen LogP contribution < -0.4 is 5.32 Å². The number of nitrogens with one attached hydrogen (secondary N) is 2. The molecule has 102 valence electrons. The van der Waals surface area contributed by atoms with Crippen molar-refractivity contribution in [1.29, 1.82) is 0 Å². The second-order valence-corrected chi connectivity index (χ2v) is 4.28. The molecule has 0 radical (unpaired) electrons. The fourth-order valence-electron chi connectivity index (χ4n) is 1.74. The summed E-state index contributed by atoms with van der Waals surface area (Å²) in [5, 5.41) is 3.12. The predicted molar refractivity (Wildman–Crippen MR) is 65.3 cm³/mol. The van der Waals surface area contributed by atoms with Crippen molar-refractivity contribution in [3.63, 3.8) is 0 Å². The van der Waals surface area contributed by atoms with E-state index in [0.29, 0.717) is 12.1 Å². The molecule has 0 bridgehead atoms. The van der Waals surface area contributed by atoms with E-state index in [4.69, 9.17) is 0 Å². The van der Waals surface area contributed by atoms with Crippen LogP contribution in [0.2, 0.25) is 0 Å². The minimum Gasteiger partial charge on any atom is -0.347 e. The smallest absolute Gasteiger partial charge is 0.347 e. The quantitative estimate of drug-likeness (QED) is 0.894. The number of aromatic nitrogens is 2. The zero-order chi connectivity index (χ0) is 13.9. The molecule has 1 aromatic carbocycles. The van der Waals surface area contributed by atoms with E-state index in [0.717, 1.165) is 18.0 Å². The first-order valence-corrected chi connectivity index (χ1v) is 5.85. The molecule has 2 aromatic rings. The number of benzene rings is 1. The van der Waals surface area contributed by atoms with Crippen LogP contribution in [0.15, 0.2) is 36.7 Å². The summed E-state index contributed by atoms with van der Waals surface area (Å²) in [7, 11) is 0. The van der Waals surface area contributed by atoms with Crippen LogP contribution in [-0.4, -0.2) is 9.97 Å². The van der Waals surface area contributed by atoms with Gasteiger partial charge in [-0.2, -0.15) is 13.2 Å². The van der Waals surface area contributed by atoms with Gasteiger partial charge >= 0.3 is 6.18 Å². The summed E-state index contributed by atoms with van der Waals surface area (Å²) in [4.78, 5) is 7.04. The standard InChI is InChI=1S/C13H14F3N3/c1-9(12-17-5-6-18-12)19-8-10-3-2-4-11(7-10)13(14,15)16/h2-7,9,19H,8H2,1H3,(H,17,18). The highest BCUT2D eigenvalue weighted by molar-refractivity contribution is 5.25. The second-order valence-electron chi connectivity index (χ2n) is 4.28. The molecule has 0 amide bonds. The molecule has 1 heterocycles. The number of rotatable bonds is 4. The van der Waals surface area contributed by atoms with Gasteiger partial charge in [0.1, 0.15) is 5.82 Å². The summed E-state index contributed by atoms with van der Waals surface area (Å²) < 4.78 is 37.7. The molecule has 2 rings (SSSR count). The van der Waals surface area contributed by atoms with E-state index in [1.165, 1.54) is 6.07 Å². The second kappa shape index (κ2) is 5.44. The van der Waals surface area contributed by atoms with Gasteiger partial charge in [-0.15, -0.1) is 0 Å². The zero-order valence-corrected chi connectivity index (χ0v) is 10.3. The Hall–Kier alpha value is -1.82. The van der Waals surface area contributed by atoms with E-state index in [2.05, 4.69) is 15.3 Å². The van der Waals surface area contributed by atoms with E-state index in [1.807, 2.05) is 6.92 Å². The lowest BCUT2D eigenvalue weighted by Crippen LogP contribution is -2.19. The molecule has 0 aliphatic heterocycles. The molecule has 0 saturated carbocycles. The molecule has 0 fully saturated rings. The van der Waals surface area contributed by atoms with Gasteiger partial charge in [-0.05, 0) is 18.6 Å². The molecule has 1 aromatic heterocycles. The third-order valence-electron chi connectivity index (χ3n) is 2.80. The molecule has 19 heavy (non-hydrogen) atoms. The summed E-state index contributed by atoms with van der Waals surface area (Å²) in [6, 6.07) is 5.25. The lowest BCUT2D eigenvalue weighted by atomic mass is 10.1. The first-order chi connectivity index (χ1) is 8.97. The molecule has 2 N–H and O–H groups in total. The van der Waals surface area contributed by atoms with Gasteiger partial charge in [-0.1, -0.05) is 18.2 Å². The number of aromatic amines is 1. The van der Waals surface area contributed by atoms with Gasteiger partial charge < -0.3 is 10.3 Å². The van der Waals surface area contributed by atoms with E-state index in [-0.39, 0.29) is 6.04 Å². The van der Waals surface area contributed by atoms with Crippen LogP contribution in [0, 0.1) is 0 Å². The van der Waals surface area contributed by atoms with Crippen molar-refractivity contribution < 1.29 is 13.2 Å². The topological polar surface area (TPSA) is 40.7 Å². The van der Waals surface area contributed by atoms with Crippen molar-refractivity contribution in [2.45, 2.75) is 25.7 Å². The lowest BCUT2D eigenvalue weighted by Gasteiger charge is -2.13. The van der Waals surface area contributed by atoms with Crippen LogP contribution in [0.4, 0.5) is 13.2 Å². The Morgan fingerprint density at radius 2 is 2.16 bits per heavy atom. The van der Waals surface area contributed by atoms with E-state index in [1.54, 1.807) is 18.5 Å². The summed E-state index contributed by atoms with van der Waals surface area (Å²) in [6.45, 7) is 2.25. The van der Waals surface area contributed by atoms with E-state index < -0.39 is 11.7 Å². The molecule has 0 aliphatic rings. The highest BCUT2D eigenvalue weighted by Crippen LogP contribution is 2.29. The maximum Gasteiger partial charge on any atom is 0.416 e. The van der Waals surface area contributed by atoms with Crippen LogP contribution in [0.25, 0.3) is 0 Å². The monoisotopic (exact) mass is 269 g/mol. The van der Waals surface area contributed by atoms with Gasteiger partial charge in [-0.3, -0.25) is 0 Å². The SMILES string of the molecule is CC(NCc1cccc(C(F)(F)F)c1)c1ncc[nH]1. The summed E-state index contributed by atoms with van der Waals surface area (Å²) in [5.74, 6) is 0.756. The van der Waals surface area contributed by atoms with Gasteiger partial charge in [0, 0.05) is 18.9 Å². The maximum atomic E-state index is 12.6. The Morgan fingerprint density at radius 3 is 2.79 bits per heavy atom. The number of hydrogen-bond acceptors (Lipinski definition) is 2. The fraction of sp³-hybridized carbons (Fsp3) is 0.308. The average Bonchev–Trinajstić information content (AvgIpc) is 2.89. The molecular formula is C13H14F3N3. The number of imidazole rings is 1. The van der Waals surface area contributed by atoms with Crippen molar-refractivity contribution in [2.75, 3.05) is 0 Å². The van der Waals surface area contributed by atoms with Gasteiger partial charge in [-0.25, -0.2) is 4.98 Å². The van der Waals surface area contributed by atoms with Gasteiger partial charge in [0.25, 0.3) is 0 Å². The Balaban J connectivity index is 2.00. The molecule has 0 spiro atoms. The van der Waals surface area contributed by atoms with Crippen molar-refractivity contribution in [1.82, 2.24) is 15.3 Å². The van der Waals surface area contributed by atoms with Gasteiger partial charge in [0.2, 0.25) is 0 Å². The Kier molecular flexibility index (Phi) is 3.90. The number of H-pyrrole nitrogens is 1. The minimum atomic E-state index is -4.30. The largest absolute Gasteiger partial charge is 0.416 e. The van der Waals surface area contributed by atoms with Crippen LogP contribution in [-0.2, 0) is 12.7 Å². The van der Waals surface area contributed by atoms with Crippen molar-refractivity contribution in [3.05, 3.63) is 53.6 Å². The van der Waals surface area contributed by atoms with Crippen LogP contribution >= 0.6 is 0 Å². The average molecular weight is 269 g/mol. The Morgan fingerprint density at radius 1 is 1.37 bits per heavy atom. The Bertz CT molecular complexity index is 520. The molecular weight excluding hydrogens is 255 g/mol. The zero-order valence-electron chi connectivity index (χ0n) is 10.3. The first-order valence-electron chi connectivity index (χ1n) is 5.85. The number of nitrogens with zero attached hydrogens (tertiary/aromatic N) is 1. The van der Waals surface area contributed by atoms with Crippen molar-refractivity contribution >= 4 is 0 Å².